The molecule has 9 heteroatoms. The van der Waals surface area contributed by atoms with Gasteiger partial charge in [0.2, 0.25) is 10.0 Å². The Morgan fingerprint density at radius 3 is 2.68 bits per heavy atom. The predicted octanol–water partition coefficient (Wildman–Crippen LogP) is 0.831. The number of amides is 1. The van der Waals surface area contributed by atoms with E-state index in [4.69, 9.17) is 10.5 Å². The van der Waals surface area contributed by atoms with Crippen molar-refractivity contribution < 1.29 is 22.7 Å². The molecule has 0 aliphatic rings. The number of carbonyl (C=O) groups is 1. The third-order valence-electron chi connectivity index (χ3n) is 2.07. The molecule has 106 valence electrons. The lowest BCUT2D eigenvalue weighted by Gasteiger charge is -2.09. The van der Waals surface area contributed by atoms with Crippen LogP contribution in [-0.4, -0.2) is 34.8 Å². The first-order valence-corrected chi connectivity index (χ1v) is 7.40. The number of hydrogen-bond acceptors (Lipinski definition) is 5. The molecule has 0 spiro atoms. The maximum Gasteiger partial charge on any atom is 0.404 e. The number of ether oxygens (including phenoxy) is 2. The van der Waals surface area contributed by atoms with E-state index in [1.807, 2.05) is 0 Å². The van der Waals surface area contributed by atoms with Gasteiger partial charge in [-0.3, -0.25) is 0 Å². The minimum atomic E-state index is -3.67. The smallest absolute Gasteiger partial charge is 0.404 e. The zero-order valence-electron chi connectivity index (χ0n) is 10.1. The molecule has 19 heavy (non-hydrogen) atoms. The molecule has 1 rings (SSSR count). The summed E-state index contributed by atoms with van der Waals surface area (Å²) in [5.41, 5.74) is 4.75. The molecule has 0 radical (unpaired) electrons. The number of nitrogens with one attached hydrogen (secondary N) is 1. The number of methoxy groups -OCH3 is 1. The Kier molecular flexibility index (Phi) is 5.58. The van der Waals surface area contributed by atoms with Crippen molar-refractivity contribution >= 4 is 32.0 Å². The van der Waals surface area contributed by atoms with Crippen LogP contribution in [0, 0.1) is 0 Å². The average molecular weight is 353 g/mol. The van der Waals surface area contributed by atoms with E-state index in [0.717, 1.165) is 0 Å². The minimum Gasteiger partial charge on any atom is -0.496 e. The fourth-order valence-corrected chi connectivity index (χ4v) is 2.96. The van der Waals surface area contributed by atoms with Crippen molar-refractivity contribution in [2.45, 2.75) is 4.90 Å². The molecule has 1 aromatic rings. The maximum atomic E-state index is 11.9. The number of carbonyl (C=O) groups excluding carboxylic acids is 1. The lowest BCUT2D eigenvalue weighted by Crippen LogP contribution is -2.29. The van der Waals surface area contributed by atoms with Crippen LogP contribution in [0.25, 0.3) is 0 Å². The van der Waals surface area contributed by atoms with Gasteiger partial charge in [0.15, 0.2) is 0 Å². The highest BCUT2D eigenvalue weighted by molar-refractivity contribution is 9.10. The highest BCUT2D eigenvalue weighted by Gasteiger charge is 2.15. The molecule has 3 N–H and O–H groups in total. The molecule has 1 amide bonds. The summed E-state index contributed by atoms with van der Waals surface area (Å²) in [6, 6.07) is 4.34. The Hall–Kier alpha value is -1.32. The van der Waals surface area contributed by atoms with E-state index in [1.54, 1.807) is 0 Å². The van der Waals surface area contributed by atoms with Gasteiger partial charge in [0.25, 0.3) is 0 Å². The van der Waals surface area contributed by atoms with Crippen LogP contribution < -0.4 is 15.2 Å². The molecule has 0 heterocycles. The third-order valence-corrected chi connectivity index (χ3v) is 4.15. The Morgan fingerprint density at radius 2 is 2.16 bits per heavy atom. The molecular weight excluding hydrogens is 340 g/mol. The van der Waals surface area contributed by atoms with Crippen LogP contribution in [0.1, 0.15) is 0 Å². The van der Waals surface area contributed by atoms with E-state index >= 15 is 0 Å². The van der Waals surface area contributed by atoms with Gasteiger partial charge in [0.05, 0.1) is 16.5 Å². The second kappa shape index (κ2) is 6.73. The van der Waals surface area contributed by atoms with Gasteiger partial charge in [0, 0.05) is 6.54 Å². The fraction of sp³-hybridized carbons (Fsp3) is 0.300. The van der Waals surface area contributed by atoms with E-state index < -0.39 is 16.1 Å². The van der Waals surface area contributed by atoms with Gasteiger partial charge in [0.1, 0.15) is 12.4 Å². The van der Waals surface area contributed by atoms with Crippen molar-refractivity contribution in [3.05, 3.63) is 22.7 Å². The second-order valence-corrected chi connectivity index (χ2v) is 5.98. The van der Waals surface area contributed by atoms with Crippen LogP contribution in [0.4, 0.5) is 4.79 Å². The highest BCUT2D eigenvalue weighted by Crippen LogP contribution is 2.27. The number of rotatable bonds is 6. The number of halogens is 1. The summed E-state index contributed by atoms with van der Waals surface area (Å²) in [7, 11) is -2.19. The van der Waals surface area contributed by atoms with Gasteiger partial charge in [-0.25, -0.2) is 17.9 Å². The normalized spacial score (nSPS) is 11.1. The molecule has 0 aliphatic heterocycles. The minimum absolute atomic E-state index is 0.0606. The number of sulfonamides is 1. The molecule has 0 fully saturated rings. The van der Waals surface area contributed by atoms with E-state index in [0.29, 0.717) is 10.2 Å². The molecule has 0 unspecified atom stereocenters. The Balaban J connectivity index is 2.72. The van der Waals surface area contributed by atoms with E-state index in [-0.39, 0.29) is 18.0 Å². The molecule has 0 bridgehead atoms. The third kappa shape index (κ3) is 4.69. The lowest BCUT2D eigenvalue weighted by molar-refractivity contribution is 0.159. The predicted molar refractivity (Wildman–Crippen MR) is 71.4 cm³/mol. The van der Waals surface area contributed by atoms with Gasteiger partial charge in [-0.05, 0) is 34.1 Å². The summed E-state index contributed by atoms with van der Waals surface area (Å²) >= 11 is 3.20. The van der Waals surface area contributed by atoms with Crippen LogP contribution in [0.3, 0.4) is 0 Å². The zero-order valence-corrected chi connectivity index (χ0v) is 12.5. The number of nitrogens with two attached hydrogens (primary N) is 1. The molecule has 0 aliphatic carbocycles. The quantitative estimate of drug-likeness (QED) is 0.737. The molecule has 0 saturated carbocycles. The zero-order chi connectivity index (χ0) is 14.5. The monoisotopic (exact) mass is 352 g/mol. The van der Waals surface area contributed by atoms with Crippen molar-refractivity contribution in [3.63, 3.8) is 0 Å². The van der Waals surface area contributed by atoms with E-state index in [9.17, 15) is 13.2 Å². The molecule has 0 saturated heterocycles. The van der Waals surface area contributed by atoms with Crippen LogP contribution in [0.2, 0.25) is 0 Å². The van der Waals surface area contributed by atoms with Gasteiger partial charge in [-0.1, -0.05) is 0 Å². The van der Waals surface area contributed by atoms with Crippen LogP contribution in [-0.2, 0) is 14.8 Å². The Bertz CT molecular complexity index is 561. The average Bonchev–Trinajstić information content (AvgIpc) is 2.34. The largest absolute Gasteiger partial charge is 0.496 e. The highest BCUT2D eigenvalue weighted by atomic mass is 79.9. The Morgan fingerprint density at radius 1 is 1.47 bits per heavy atom. The maximum absolute atomic E-state index is 11.9. The van der Waals surface area contributed by atoms with Crippen molar-refractivity contribution in [2.24, 2.45) is 5.73 Å². The number of benzene rings is 1. The first-order chi connectivity index (χ1) is 8.86. The Labute approximate surface area is 119 Å². The fourth-order valence-electron chi connectivity index (χ4n) is 1.23. The first-order valence-electron chi connectivity index (χ1n) is 5.12. The number of hydrogen-bond donors (Lipinski definition) is 2. The van der Waals surface area contributed by atoms with Gasteiger partial charge < -0.3 is 15.2 Å². The first kappa shape index (κ1) is 15.7. The topological polar surface area (TPSA) is 108 Å². The SMILES string of the molecule is COc1ccc(S(=O)(=O)NCCOC(N)=O)cc1Br. The lowest BCUT2D eigenvalue weighted by atomic mass is 10.3. The summed E-state index contributed by atoms with van der Waals surface area (Å²) in [6.45, 7) is -0.194. The summed E-state index contributed by atoms with van der Waals surface area (Å²) < 4.78 is 36.0. The standard InChI is InChI=1S/C10H13BrN2O5S/c1-17-9-3-2-7(6-8(9)11)19(15,16)13-4-5-18-10(12)14/h2-3,6,13H,4-5H2,1H3,(H2,12,14). The van der Waals surface area contributed by atoms with Crippen LogP contribution >= 0.6 is 15.9 Å². The van der Waals surface area contributed by atoms with E-state index in [1.165, 1.54) is 25.3 Å². The summed E-state index contributed by atoms with van der Waals surface area (Å²) in [5.74, 6) is 0.524. The van der Waals surface area contributed by atoms with Crippen LogP contribution in [0.15, 0.2) is 27.6 Å². The van der Waals surface area contributed by atoms with Crippen molar-refractivity contribution in [1.29, 1.82) is 0 Å². The number of primary amides is 1. The molecule has 7 nitrogen and oxygen atoms in total. The summed E-state index contributed by atoms with van der Waals surface area (Å²) in [6.07, 6.45) is -0.952. The molecule has 0 atom stereocenters. The van der Waals surface area contributed by atoms with Gasteiger partial charge in [-0.2, -0.15) is 0 Å². The van der Waals surface area contributed by atoms with E-state index in [2.05, 4.69) is 25.4 Å². The summed E-state index contributed by atoms with van der Waals surface area (Å²) in [4.78, 5) is 10.4. The molecule has 0 aromatic heterocycles. The molecular formula is C10H13BrN2O5S. The van der Waals surface area contributed by atoms with Crippen molar-refractivity contribution in [2.75, 3.05) is 20.3 Å². The van der Waals surface area contributed by atoms with Crippen molar-refractivity contribution in [1.82, 2.24) is 4.72 Å². The molecule has 1 aromatic carbocycles. The van der Waals surface area contributed by atoms with Gasteiger partial charge in [-0.15, -0.1) is 0 Å². The van der Waals surface area contributed by atoms with Crippen molar-refractivity contribution in [3.8, 4) is 5.75 Å². The summed E-state index contributed by atoms with van der Waals surface area (Å²) in [5, 5.41) is 0. The van der Waals surface area contributed by atoms with Gasteiger partial charge >= 0.3 is 6.09 Å². The second-order valence-electron chi connectivity index (χ2n) is 3.36. The van der Waals surface area contributed by atoms with Crippen LogP contribution in [0.5, 0.6) is 5.75 Å².